The van der Waals surface area contributed by atoms with Gasteiger partial charge < -0.3 is 10.3 Å². The van der Waals surface area contributed by atoms with Crippen LogP contribution in [0.5, 0.6) is 0 Å². The number of sulfonamides is 1. The number of aryl methyl sites for hydroxylation is 2. The summed E-state index contributed by atoms with van der Waals surface area (Å²) in [7, 11) is -3.83. The molecule has 7 nitrogen and oxygen atoms in total. The van der Waals surface area contributed by atoms with Gasteiger partial charge in [0.2, 0.25) is 15.9 Å². The number of amides is 1. The van der Waals surface area contributed by atoms with Gasteiger partial charge in [-0.3, -0.25) is 9.59 Å². The Morgan fingerprint density at radius 3 is 2.64 bits per heavy atom. The second kappa shape index (κ2) is 6.57. The first-order valence-electron chi connectivity index (χ1n) is 8.78. The molecule has 0 spiro atoms. The first-order chi connectivity index (χ1) is 13.2. The molecule has 3 N–H and O–H groups in total. The Kier molecular flexibility index (Phi) is 4.32. The van der Waals surface area contributed by atoms with Gasteiger partial charge in [0.25, 0.3) is 5.56 Å². The number of fused-ring (bicyclic) bond motifs is 2. The van der Waals surface area contributed by atoms with Crippen LogP contribution in [0.4, 0.5) is 5.69 Å². The number of carbonyl (C=O) groups is 1. The molecule has 1 amide bonds. The number of anilines is 1. The van der Waals surface area contributed by atoms with Crippen molar-refractivity contribution in [2.24, 2.45) is 0 Å². The van der Waals surface area contributed by atoms with E-state index in [1.165, 1.54) is 12.1 Å². The van der Waals surface area contributed by atoms with Gasteiger partial charge in [-0.1, -0.05) is 11.6 Å². The van der Waals surface area contributed by atoms with E-state index in [4.69, 9.17) is 0 Å². The highest BCUT2D eigenvalue weighted by molar-refractivity contribution is 7.89. The highest BCUT2D eigenvalue weighted by atomic mass is 32.2. The van der Waals surface area contributed by atoms with Gasteiger partial charge in [0, 0.05) is 17.8 Å². The average Bonchev–Trinajstić information content (AvgIpc) is 3.00. The maximum atomic E-state index is 12.6. The van der Waals surface area contributed by atoms with Crippen LogP contribution >= 0.6 is 0 Å². The highest BCUT2D eigenvalue weighted by Crippen LogP contribution is 2.26. The minimum absolute atomic E-state index is 0.0617. The van der Waals surface area contributed by atoms with Crippen LogP contribution in [0, 0.1) is 13.8 Å². The summed E-state index contributed by atoms with van der Waals surface area (Å²) < 4.78 is 27.8. The van der Waals surface area contributed by atoms with Crippen molar-refractivity contribution in [2.75, 3.05) is 5.32 Å². The summed E-state index contributed by atoms with van der Waals surface area (Å²) >= 11 is 0. The number of hydrogen-bond acceptors (Lipinski definition) is 4. The predicted molar refractivity (Wildman–Crippen MR) is 107 cm³/mol. The molecule has 28 heavy (non-hydrogen) atoms. The standard InChI is InChI=1S/C20H19N3O4S/c1-11-5-12(2)19-14(6-11)7-15(20(25)23-19)10-21-28(26,27)16-3-4-17-13(8-16)9-18(24)22-17/h3-8,21H,9-10H2,1-2H3,(H,22,24)(H,23,25). The van der Waals surface area contributed by atoms with Gasteiger partial charge in [-0.15, -0.1) is 0 Å². The van der Waals surface area contributed by atoms with E-state index in [2.05, 4.69) is 15.0 Å². The Morgan fingerprint density at radius 2 is 1.86 bits per heavy atom. The van der Waals surface area contributed by atoms with Crippen molar-refractivity contribution >= 4 is 32.5 Å². The van der Waals surface area contributed by atoms with E-state index in [1.54, 1.807) is 12.1 Å². The van der Waals surface area contributed by atoms with Crippen molar-refractivity contribution < 1.29 is 13.2 Å². The lowest BCUT2D eigenvalue weighted by atomic mass is 10.1. The number of pyridine rings is 1. The molecule has 2 aromatic carbocycles. The van der Waals surface area contributed by atoms with Gasteiger partial charge in [-0.2, -0.15) is 0 Å². The third-order valence-electron chi connectivity index (χ3n) is 4.84. The number of aromatic amines is 1. The lowest BCUT2D eigenvalue weighted by molar-refractivity contribution is -0.115. The van der Waals surface area contributed by atoms with Crippen LogP contribution in [0.2, 0.25) is 0 Å². The van der Waals surface area contributed by atoms with Gasteiger partial charge in [-0.05, 0) is 60.7 Å². The molecule has 0 radical (unpaired) electrons. The number of nitrogens with one attached hydrogen (secondary N) is 3. The maximum Gasteiger partial charge on any atom is 0.252 e. The third kappa shape index (κ3) is 3.32. The molecule has 3 aromatic rings. The number of carbonyl (C=O) groups excluding carboxylic acids is 1. The van der Waals surface area contributed by atoms with Crippen molar-refractivity contribution in [1.29, 1.82) is 0 Å². The minimum Gasteiger partial charge on any atom is -0.326 e. The third-order valence-corrected chi connectivity index (χ3v) is 6.23. The van der Waals surface area contributed by atoms with Crippen LogP contribution in [0.1, 0.15) is 22.3 Å². The molecule has 0 bridgehead atoms. The van der Waals surface area contributed by atoms with Crippen molar-refractivity contribution in [3.63, 3.8) is 0 Å². The second-order valence-electron chi connectivity index (χ2n) is 7.04. The van der Waals surface area contributed by atoms with Gasteiger partial charge >= 0.3 is 0 Å². The molecule has 0 saturated heterocycles. The molecular formula is C20H19N3O4S. The highest BCUT2D eigenvalue weighted by Gasteiger charge is 2.22. The van der Waals surface area contributed by atoms with Gasteiger partial charge in [0.1, 0.15) is 0 Å². The van der Waals surface area contributed by atoms with E-state index in [0.29, 0.717) is 16.8 Å². The topological polar surface area (TPSA) is 108 Å². The molecule has 2 heterocycles. The smallest absolute Gasteiger partial charge is 0.252 e. The van der Waals surface area contributed by atoms with E-state index >= 15 is 0 Å². The molecule has 0 atom stereocenters. The van der Waals surface area contributed by atoms with Crippen molar-refractivity contribution in [2.45, 2.75) is 31.7 Å². The SMILES string of the molecule is Cc1cc(C)c2[nH]c(=O)c(CNS(=O)(=O)c3ccc4c(c3)CC(=O)N4)cc2c1. The number of rotatable bonds is 4. The van der Waals surface area contributed by atoms with E-state index in [-0.39, 0.29) is 29.3 Å². The second-order valence-corrected chi connectivity index (χ2v) is 8.81. The summed E-state index contributed by atoms with van der Waals surface area (Å²) in [6.45, 7) is 3.75. The first kappa shape index (κ1) is 18.4. The minimum atomic E-state index is -3.83. The van der Waals surface area contributed by atoms with Gasteiger partial charge in [0.05, 0.1) is 16.8 Å². The molecule has 1 aromatic heterocycles. The summed E-state index contributed by atoms with van der Waals surface area (Å²) in [6, 6.07) is 10.1. The number of H-pyrrole nitrogens is 1. The lowest BCUT2D eigenvalue weighted by Gasteiger charge is -2.10. The van der Waals surface area contributed by atoms with E-state index < -0.39 is 10.0 Å². The van der Waals surface area contributed by atoms with Crippen molar-refractivity contribution in [3.8, 4) is 0 Å². The Balaban J connectivity index is 1.62. The Hall–Kier alpha value is -2.97. The molecule has 1 aliphatic heterocycles. The normalized spacial score (nSPS) is 13.6. The Bertz CT molecular complexity index is 1290. The van der Waals surface area contributed by atoms with Gasteiger partial charge in [0.15, 0.2) is 0 Å². The molecule has 1 aliphatic rings. The van der Waals surface area contributed by atoms with Gasteiger partial charge in [-0.25, -0.2) is 13.1 Å². The Labute approximate surface area is 161 Å². The summed E-state index contributed by atoms with van der Waals surface area (Å²) in [5.41, 5.74) is 4.04. The zero-order chi connectivity index (χ0) is 20.1. The fraction of sp³-hybridized carbons (Fsp3) is 0.200. The molecular weight excluding hydrogens is 378 g/mol. The number of aromatic nitrogens is 1. The van der Waals surface area contributed by atoms with Crippen LogP contribution in [-0.4, -0.2) is 19.3 Å². The zero-order valence-electron chi connectivity index (χ0n) is 15.4. The fourth-order valence-electron chi connectivity index (χ4n) is 3.49. The van der Waals surface area contributed by atoms with Crippen molar-refractivity contribution in [3.05, 3.63) is 69.0 Å². The molecule has 0 unspecified atom stereocenters. The van der Waals surface area contributed by atoms with Crippen LogP contribution in [0.25, 0.3) is 10.9 Å². The summed E-state index contributed by atoms with van der Waals surface area (Å²) in [6.07, 6.45) is 0.155. The van der Waals surface area contributed by atoms with E-state index in [1.807, 2.05) is 26.0 Å². The van der Waals surface area contributed by atoms with Crippen LogP contribution in [-0.2, 0) is 27.8 Å². The zero-order valence-corrected chi connectivity index (χ0v) is 16.2. The van der Waals surface area contributed by atoms with Crippen LogP contribution in [0.15, 0.2) is 46.1 Å². The molecule has 0 aliphatic carbocycles. The average molecular weight is 397 g/mol. The van der Waals surface area contributed by atoms with Crippen molar-refractivity contribution in [1.82, 2.24) is 9.71 Å². The monoisotopic (exact) mass is 397 g/mol. The largest absolute Gasteiger partial charge is 0.326 e. The van der Waals surface area contributed by atoms with Crippen LogP contribution in [0.3, 0.4) is 0 Å². The quantitative estimate of drug-likeness (QED) is 0.627. The fourth-order valence-corrected chi connectivity index (χ4v) is 4.55. The molecule has 8 heteroatoms. The Morgan fingerprint density at radius 1 is 1.07 bits per heavy atom. The van der Waals surface area contributed by atoms with Crippen LogP contribution < -0.4 is 15.6 Å². The number of benzene rings is 2. The molecule has 144 valence electrons. The summed E-state index contributed by atoms with van der Waals surface area (Å²) in [4.78, 5) is 26.7. The van der Waals surface area contributed by atoms with E-state index in [0.717, 1.165) is 22.0 Å². The first-order valence-corrected chi connectivity index (χ1v) is 10.3. The predicted octanol–water partition coefficient (Wildman–Crippen LogP) is 2.12. The molecule has 4 rings (SSSR count). The lowest BCUT2D eigenvalue weighted by Crippen LogP contribution is -2.27. The molecule has 0 saturated carbocycles. The molecule has 0 fully saturated rings. The summed E-state index contributed by atoms with van der Waals surface area (Å²) in [5, 5.41) is 3.52. The number of hydrogen-bond donors (Lipinski definition) is 3. The summed E-state index contributed by atoms with van der Waals surface area (Å²) in [5.74, 6) is -0.161. The maximum absolute atomic E-state index is 12.6. The van der Waals surface area contributed by atoms with E-state index in [9.17, 15) is 18.0 Å².